The SMILES string of the molecule is C=C/C=C/C1CC(O)C(O)O1. The highest BCUT2D eigenvalue weighted by Crippen LogP contribution is 2.19. The Kier molecular flexibility index (Phi) is 2.82. The van der Waals surface area contributed by atoms with Gasteiger partial charge in [-0.1, -0.05) is 24.8 Å². The molecule has 0 spiro atoms. The van der Waals surface area contributed by atoms with Crippen LogP contribution in [0.5, 0.6) is 0 Å². The van der Waals surface area contributed by atoms with Crippen LogP contribution in [0.15, 0.2) is 24.8 Å². The fourth-order valence-electron chi connectivity index (χ4n) is 1.01. The van der Waals surface area contributed by atoms with E-state index in [0.717, 1.165) is 0 Å². The van der Waals surface area contributed by atoms with Crippen LogP contribution >= 0.6 is 0 Å². The van der Waals surface area contributed by atoms with Crippen molar-refractivity contribution >= 4 is 0 Å². The summed E-state index contributed by atoms with van der Waals surface area (Å²) >= 11 is 0. The molecule has 3 heteroatoms. The van der Waals surface area contributed by atoms with Crippen molar-refractivity contribution in [3.8, 4) is 0 Å². The molecule has 0 aromatic heterocycles. The molecule has 11 heavy (non-hydrogen) atoms. The number of ether oxygens (including phenoxy) is 1. The number of hydrogen-bond donors (Lipinski definition) is 2. The average molecular weight is 156 g/mol. The van der Waals surface area contributed by atoms with E-state index in [9.17, 15) is 0 Å². The van der Waals surface area contributed by atoms with Gasteiger partial charge >= 0.3 is 0 Å². The molecule has 1 rings (SSSR count). The molecule has 3 unspecified atom stereocenters. The number of rotatable bonds is 2. The minimum Gasteiger partial charge on any atom is -0.388 e. The van der Waals surface area contributed by atoms with Crippen LogP contribution in [0.2, 0.25) is 0 Å². The molecular formula is C8H12O3. The number of allylic oxidation sites excluding steroid dienone is 2. The summed E-state index contributed by atoms with van der Waals surface area (Å²) in [7, 11) is 0. The van der Waals surface area contributed by atoms with E-state index in [1.54, 1.807) is 18.2 Å². The van der Waals surface area contributed by atoms with Gasteiger partial charge in [-0.2, -0.15) is 0 Å². The lowest BCUT2D eigenvalue weighted by atomic mass is 10.2. The highest BCUT2D eigenvalue weighted by Gasteiger charge is 2.30. The molecule has 1 fully saturated rings. The average Bonchev–Trinajstić information content (AvgIpc) is 2.28. The van der Waals surface area contributed by atoms with E-state index in [-0.39, 0.29) is 6.10 Å². The summed E-state index contributed by atoms with van der Waals surface area (Å²) in [5.74, 6) is 0. The standard InChI is InChI=1S/C8H12O3/c1-2-3-4-6-5-7(9)8(10)11-6/h2-4,6-10H,1,5H2/b4-3+. The maximum atomic E-state index is 9.03. The zero-order valence-electron chi connectivity index (χ0n) is 6.18. The van der Waals surface area contributed by atoms with Gasteiger partial charge in [-0.25, -0.2) is 0 Å². The molecule has 1 aliphatic rings. The molecule has 62 valence electrons. The lowest BCUT2D eigenvalue weighted by Crippen LogP contribution is -2.19. The quantitative estimate of drug-likeness (QED) is 0.561. The van der Waals surface area contributed by atoms with Gasteiger partial charge in [-0.3, -0.25) is 0 Å². The third-order valence-corrected chi connectivity index (χ3v) is 1.58. The van der Waals surface area contributed by atoms with Crippen molar-refractivity contribution in [2.75, 3.05) is 0 Å². The van der Waals surface area contributed by atoms with E-state index in [4.69, 9.17) is 14.9 Å². The van der Waals surface area contributed by atoms with Gasteiger partial charge in [0.25, 0.3) is 0 Å². The van der Waals surface area contributed by atoms with Crippen molar-refractivity contribution < 1.29 is 14.9 Å². The number of aliphatic hydroxyl groups excluding tert-OH is 2. The minimum absolute atomic E-state index is 0.182. The zero-order chi connectivity index (χ0) is 8.27. The molecule has 0 aromatic carbocycles. The van der Waals surface area contributed by atoms with Crippen molar-refractivity contribution in [3.05, 3.63) is 24.8 Å². The Bertz CT molecular complexity index is 155. The summed E-state index contributed by atoms with van der Waals surface area (Å²) in [6.07, 6.45) is 3.59. The van der Waals surface area contributed by atoms with Crippen molar-refractivity contribution in [2.24, 2.45) is 0 Å². The second kappa shape index (κ2) is 3.67. The van der Waals surface area contributed by atoms with Crippen LogP contribution in [0.1, 0.15) is 6.42 Å². The molecule has 0 amide bonds. The third kappa shape index (κ3) is 2.15. The molecule has 0 aromatic rings. The van der Waals surface area contributed by atoms with Crippen LogP contribution in [0.25, 0.3) is 0 Å². The summed E-state index contributed by atoms with van der Waals surface area (Å²) in [5.41, 5.74) is 0. The van der Waals surface area contributed by atoms with Crippen molar-refractivity contribution in [1.29, 1.82) is 0 Å². The monoisotopic (exact) mass is 156 g/mol. The highest BCUT2D eigenvalue weighted by molar-refractivity contribution is 5.03. The highest BCUT2D eigenvalue weighted by atomic mass is 16.6. The maximum Gasteiger partial charge on any atom is 0.181 e. The normalized spacial score (nSPS) is 38.2. The van der Waals surface area contributed by atoms with E-state index < -0.39 is 12.4 Å². The second-order valence-electron chi connectivity index (χ2n) is 2.49. The third-order valence-electron chi connectivity index (χ3n) is 1.58. The summed E-state index contributed by atoms with van der Waals surface area (Å²) in [4.78, 5) is 0. The largest absolute Gasteiger partial charge is 0.388 e. The van der Waals surface area contributed by atoms with Gasteiger partial charge in [0.1, 0.15) is 6.10 Å². The van der Waals surface area contributed by atoms with Crippen LogP contribution in [0.3, 0.4) is 0 Å². The topological polar surface area (TPSA) is 49.7 Å². The van der Waals surface area contributed by atoms with Crippen LogP contribution in [-0.4, -0.2) is 28.7 Å². The van der Waals surface area contributed by atoms with E-state index in [2.05, 4.69) is 6.58 Å². The van der Waals surface area contributed by atoms with Crippen molar-refractivity contribution in [3.63, 3.8) is 0 Å². The fraction of sp³-hybridized carbons (Fsp3) is 0.500. The van der Waals surface area contributed by atoms with Gasteiger partial charge in [-0.05, 0) is 0 Å². The van der Waals surface area contributed by atoms with Crippen molar-refractivity contribution in [1.82, 2.24) is 0 Å². The Morgan fingerprint density at radius 1 is 1.45 bits per heavy atom. The first kappa shape index (κ1) is 8.46. The van der Waals surface area contributed by atoms with Gasteiger partial charge in [0.2, 0.25) is 0 Å². The first-order valence-corrected chi connectivity index (χ1v) is 3.55. The Morgan fingerprint density at radius 3 is 2.64 bits per heavy atom. The fourth-order valence-corrected chi connectivity index (χ4v) is 1.01. The first-order valence-electron chi connectivity index (χ1n) is 3.55. The predicted molar refractivity (Wildman–Crippen MR) is 40.8 cm³/mol. The van der Waals surface area contributed by atoms with E-state index in [0.29, 0.717) is 6.42 Å². The van der Waals surface area contributed by atoms with Crippen LogP contribution in [0, 0.1) is 0 Å². The van der Waals surface area contributed by atoms with Gasteiger partial charge in [-0.15, -0.1) is 0 Å². The molecule has 3 nitrogen and oxygen atoms in total. The summed E-state index contributed by atoms with van der Waals surface area (Å²) in [6.45, 7) is 3.49. The molecule has 0 saturated carbocycles. The summed E-state index contributed by atoms with van der Waals surface area (Å²) in [6, 6.07) is 0. The number of hydrogen-bond acceptors (Lipinski definition) is 3. The number of aliphatic hydroxyl groups is 2. The molecule has 0 aliphatic carbocycles. The molecule has 1 aliphatic heterocycles. The van der Waals surface area contributed by atoms with Gasteiger partial charge in [0, 0.05) is 6.42 Å². The molecule has 1 saturated heterocycles. The smallest absolute Gasteiger partial charge is 0.181 e. The summed E-state index contributed by atoms with van der Waals surface area (Å²) in [5, 5.41) is 18.0. The lowest BCUT2D eigenvalue weighted by molar-refractivity contribution is -0.119. The van der Waals surface area contributed by atoms with E-state index in [1.165, 1.54) is 0 Å². The summed E-state index contributed by atoms with van der Waals surface area (Å²) < 4.78 is 4.95. The Balaban J connectivity index is 2.40. The Hall–Kier alpha value is -0.640. The molecule has 0 radical (unpaired) electrons. The molecule has 1 heterocycles. The van der Waals surface area contributed by atoms with Crippen LogP contribution in [0.4, 0.5) is 0 Å². The zero-order valence-corrected chi connectivity index (χ0v) is 6.18. The molecule has 3 atom stereocenters. The predicted octanol–water partition coefficient (Wildman–Crippen LogP) is 0.197. The Labute approximate surface area is 65.6 Å². The van der Waals surface area contributed by atoms with Crippen molar-refractivity contribution in [2.45, 2.75) is 24.9 Å². The molecule has 0 bridgehead atoms. The lowest BCUT2D eigenvalue weighted by Gasteiger charge is -2.04. The van der Waals surface area contributed by atoms with Crippen LogP contribution in [-0.2, 0) is 4.74 Å². The molecular weight excluding hydrogens is 144 g/mol. The van der Waals surface area contributed by atoms with Crippen LogP contribution < -0.4 is 0 Å². The second-order valence-corrected chi connectivity index (χ2v) is 2.49. The Morgan fingerprint density at radius 2 is 2.18 bits per heavy atom. The molecule has 2 N–H and O–H groups in total. The minimum atomic E-state index is -1.03. The first-order chi connectivity index (χ1) is 5.24. The van der Waals surface area contributed by atoms with Gasteiger partial charge in [0.15, 0.2) is 6.29 Å². The maximum absolute atomic E-state index is 9.03. The van der Waals surface area contributed by atoms with E-state index in [1.807, 2.05) is 0 Å². The van der Waals surface area contributed by atoms with E-state index >= 15 is 0 Å². The van der Waals surface area contributed by atoms with Gasteiger partial charge < -0.3 is 14.9 Å². The van der Waals surface area contributed by atoms with Gasteiger partial charge in [0.05, 0.1) is 6.10 Å².